The fraction of sp³-hybridized carbons (Fsp3) is 0.500. The number of fused-ring (bicyclic) bond motifs is 1. The van der Waals surface area contributed by atoms with Gasteiger partial charge in [0.1, 0.15) is 0 Å². The molecule has 0 bridgehead atoms. The van der Waals surface area contributed by atoms with E-state index in [1.165, 1.54) is 0 Å². The molecular formula is C10H14N2O. The second-order valence-electron chi connectivity index (χ2n) is 3.80. The van der Waals surface area contributed by atoms with Gasteiger partial charge in [0.05, 0.1) is 12.1 Å². The van der Waals surface area contributed by atoms with E-state index in [1.54, 1.807) is 6.20 Å². The Morgan fingerprint density at radius 2 is 2.54 bits per heavy atom. The van der Waals surface area contributed by atoms with E-state index in [9.17, 15) is 5.11 Å². The zero-order valence-corrected chi connectivity index (χ0v) is 7.70. The molecule has 0 saturated heterocycles. The van der Waals surface area contributed by atoms with Gasteiger partial charge in [-0.15, -0.1) is 0 Å². The quantitative estimate of drug-likeness (QED) is 0.655. The average molecular weight is 178 g/mol. The lowest BCUT2D eigenvalue weighted by atomic mass is 9.87. The van der Waals surface area contributed by atoms with Gasteiger partial charge < -0.3 is 10.8 Å². The Hall–Kier alpha value is -0.930. The summed E-state index contributed by atoms with van der Waals surface area (Å²) < 4.78 is 0. The highest BCUT2D eigenvalue weighted by Gasteiger charge is 2.41. The van der Waals surface area contributed by atoms with Crippen LogP contribution in [0.2, 0.25) is 0 Å². The van der Waals surface area contributed by atoms with E-state index < -0.39 is 5.54 Å². The van der Waals surface area contributed by atoms with E-state index in [4.69, 9.17) is 5.73 Å². The molecule has 2 rings (SSSR count). The zero-order valence-electron chi connectivity index (χ0n) is 7.70. The van der Waals surface area contributed by atoms with Gasteiger partial charge in [0.15, 0.2) is 0 Å². The summed E-state index contributed by atoms with van der Waals surface area (Å²) in [5.41, 5.74) is 7.58. The molecule has 3 nitrogen and oxygen atoms in total. The minimum atomic E-state index is -0.580. The number of aromatic nitrogens is 1. The van der Waals surface area contributed by atoms with Gasteiger partial charge in [-0.3, -0.25) is 4.98 Å². The molecule has 2 unspecified atom stereocenters. The van der Waals surface area contributed by atoms with Crippen LogP contribution in [0.25, 0.3) is 0 Å². The number of aliphatic hydroxyl groups excluding tert-OH is 1. The minimum absolute atomic E-state index is 0.00708. The Balaban J connectivity index is 2.52. The second kappa shape index (κ2) is 2.79. The highest BCUT2D eigenvalue weighted by atomic mass is 16.3. The topological polar surface area (TPSA) is 59.1 Å². The van der Waals surface area contributed by atoms with E-state index in [-0.39, 0.29) is 12.5 Å². The maximum Gasteiger partial charge on any atom is 0.0691 e. The first kappa shape index (κ1) is 8.66. The molecule has 1 aromatic heterocycles. The van der Waals surface area contributed by atoms with Crippen LogP contribution >= 0.6 is 0 Å². The fourth-order valence-electron chi connectivity index (χ4n) is 2.00. The molecule has 70 valence electrons. The third-order valence-electron chi connectivity index (χ3n) is 3.03. The molecule has 0 aliphatic heterocycles. The van der Waals surface area contributed by atoms with E-state index >= 15 is 0 Å². The number of nitrogens with zero attached hydrogens (tertiary/aromatic N) is 1. The predicted octanol–water partition coefficient (Wildman–Crippen LogP) is 0.420. The first-order valence-corrected chi connectivity index (χ1v) is 4.52. The predicted molar refractivity (Wildman–Crippen MR) is 50.1 cm³/mol. The molecule has 1 aliphatic rings. The van der Waals surface area contributed by atoms with Crippen LogP contribution in [0.15, 0.2) is 18.3 Å². The van der Waals surface area contributed by atoms with Gasteiger partial charge in [-0.05, 0) is 24.0 Å². The monoisotopic (exact) mass is 178 g/mol. The van der Waals surface area contributed by atoms with Crippen molar-refractivity contribution in [3.05, 3.63) is 29.6 Å². The Morgan fingerprint density at radius 3 is 3.23 bits per heavy atom. The van der Waals surface area contributed by atoms with Gasteiger partial charge in [-0.25, -0.2) is 0 Å². The van der Waals surface area contributed by atoms with Crippen LogP contribution < -0.4 is 5.73 Å². The van der Waals surface area contributed by atoms with Gasteiger partial charge in [0.25, 0.3) is 0 Å². The molecule has 1 aliphatic carbocycles. The van der Waals surface area contributed by atoms with Crippen molar-refractivity contribution < 1.29 is 5.11 Å². The van der Waals surface area contributed by atoms with Crippen LogP contribution in [0.3, 0.4) is 0 Å². The molecular weight excluding hydrogens is 164 g/mol. The van der Waals surface area contributed by atoms with Gasteiger partial charge in [-0.2, -0.15) is 0 Å². The Morgan fingerprint density at radius 1 is 1.77 bits per heavy atom. The summed E-state index contributed by atoms with van der Waals surface area (Å²) in [6.07, 6.45) is 2.64. The Labute approximate surface area is 77.6 Å². The second-order valence-corrected chi connectivity index (χ2v) is 3.80. The van der Waals surface area contributed by atoms with E-state index in [0.717, 1.165) is 17.7 Å². The van der Waals surface area contributed by atoms with E-state index in [2.05, 4.69) is 11.9 Å². The fourth-order valence-corrected chi connectivity index (χ4v) is 2.00. The first-order valence-electron chi connectivity index (χ1n) is 4.52. The summed E-state index contributed by atoms with van der Waals surface area (Å²) in [5, 5.41) is 9.29. The molecule has 3 heteroatoms. The Kier molecular flexibility index (Phi) is 1.86. The lowest BCUT2D eigenvalue weighted by molar-refractivity contribution is 0.159. The molecule has 1 heterocycles. The van der Waals surface area contributed by atoms with Crippen LogP contribution in [0, 0.1) is 5.92 Å². The lowest BCUT2D eigenvalue weighted by Gasteiger charge is -2.27. The SMILES string of the molecule is CC1Cc2ncccc2C1(N)CO. The van der Waals surface area contributed by atoms with Crippen LogP contribution in [-0.4, -0.2) is 16.7 Å². The third-order valence-corrected chi connectivity index (χ3v) is 3.03. The maximum absolute atomic E-state index is 9.29. The van der Waals surface area contributed by atoms with Crippen LogP contribution in [-0.2, 0) is 12.0 Å². The van der Waals surface area contributed by atoms with Crippen molar-refractivity contribution in [3.63, 3.8) is 0 Å². The number of pyridine rings is 1. The molecule has 1 aromatic rings. The van der Waals surface area contributed by atoms with Crippen molar-refractivity contribution in [1.29, 1.82) is 0 Å². The number of hydrogen-bond acceptors (Lipinski definition) is 3. The molecule has 0 saturated carbocycles. The third kappa shape index (κ3) is 1.08. The molecule has 0 spiro atoms. The summed E-state index contributed by atoms with van der Waals surface area (Å²) in [6, 6.07) is 3.83. The Bertz CT molecular complexity index is 326. The number of aliphatic hydroxyl groups is 1. The van der Waals surface area contributed by atoms with Crippen molar-refractivity contribution in [2.45, 2.75) is 18.9 Å². The highest BCUT2D eigenvalue weighted by Crippen LogP contribution is 2.37. The highest BCUT2D eigenvalue weighted by molar-refractivity contribution is 5.35. The van der Waals surface area contributed by atoms with Crippen molar-refractivity contribution >= 4 is 0 Å². The summed E-state index contributed by atoms with van der Waals surface area (Å²) in [5.74, 6) is 0.266. The molecule has 3 N–H and O–H groups in total. The standard InChI is InChI=1S/C10H14N2O/c1-7-5-9-8(3-2-4-12-9)10(7,11)6-13/h2-4,7,13H,5-6,11H2,1H3. The van der Waals surface area contributed by atoms with Crippen LogP contribution in [0.4, 0.5) is 0 Å². The van der Waals surface area contributed by atoms with Gasteiger partial charge in [0, 0.05) is 11.9 Å². The summed E-state index contributed by atoms with van der Waals surface area (Å²) in [7, 11) is 0. The van der Waals surface area contributed by atoms with E-state index in [1.807, 2.05) is 12.1 Å². The number of rotatable bonds is 1. The lowest BCUT2D eigenvalue weighted by Crippen LogP contribution is -2.43. The smallest absolute Gasteiger partial charge is 0.0691 e. The molecule has 0 fully saturated rings. The maximum atomic E-state index is 9.29. The van der Waals surface area contributed by atoms with Gasteiger partial charge in [0.2, 0.25) is 0 Å². The van der Waals surface area contributed by atoms with Crippen molar-refractivity contribution in [1.82, 2.24) is 4.98 Å². The van der Waals surface area contributed by atoms with Crippen molar-refractivity contribution in [3.8, 4) is 0 Å². The largest absolute Gasteiger partial charge is 0.394 e. The zero-order chi connectivity index (χ0) is 9.47. The van der Waals surface area contributed by atoms with Crippen LogP contribution in [0.5, 0.6) is 0 Å². The van der Waals surface area contributed by atoms with Gasteiger partial charge >= 0.3 is 0 Å². The average Bonchev–Trinajstić information content (AvgIpc) is 2.41. The van der Waals surface area contributed by atoms with E-state index in [0.29, 0.717) is 0 Å². The molecule has 0 aromatic carbocycles. The van der Waals surface area contributed by atoms with Gasteiger partial charge in [-0.1, -0.05) is 13.0 Å². The minimum Gasteiger partial charge on any atom is -0.394 e. The van der Waals surface area contributed by atoms with Crippen molar-refractivity contribution in [2.75, 3.05) is 6.61 Å². The molecule has 0 amide bonds. The summed E-state index contributed by atoms with van der Waals surface area (Å²) in [6.45, 7) is 2.05. The summed E-state index contributed by atoms with van der Waals surface area (Å²) >= 11 is 0. The normalized spacial score (nSPS) is 31.8. The number of nitrogens with two attached hydrogens (primary N) is 1. The first-order chi connectivity index (χ1) is 6.18. The number of hydrogen-bond donors (Lipinski definition) is 2. The molecule has 0 radical (unpaired) electrons. The van der Waals surface area contributed by atoms with Crippen molar-refractivity contribution in [2.24, 2.45) is 11.7 Å². The van der Waals surface area contributed by atoms with Crippen LogP contribution in [0.1, 0.15) is 18.2 Å². The molecule has 2 atom stereocenters. The molecule has 13 heavy (non-hydrogen) atoms. The summed E-state index contributed by atoms with van der Waals surface area (Å²) in [4.78, 5) is 4.26.